The molecule has 1 nitrogen and oxygen atoms in total. The molecule has 1 rings (SSSR count). The number of hydrogen-bond acceptors (Lipinski definition) is 2. The Balaban J connectivity index is 2.84. The Morgan fingerprint density at radius 1 is 1.33 bits per heavy atom. The normalized spacial score (nSPS) is 8.67. The third-order valence-corrected chi connectivity index (χ3v) is 1.53. The van der Waals surface area contributed by atoms with E-state index in [1.54, 1.807) is 0 Å². The fraction of sp³-hybridized carbons (Fsp3) is 0.100. The highest BCUT2D eigenvalue weighted by molar-refractivity contribution is 7.78. The van der Waals surface area contributed by atoms with E-state index in [1.165, 1.54) is 5.56 Å². The molecule has 1 aromatic carbocycles. The number of benzene rings is 1. The van der Waals surface area contributed by atoms with Crippen LogP contribution in [0.3, 0.4) is 0 Å². The van der Waals surface area contributed by atoms with E-state index in [0.29, 0.717) is 0 Å². The van der Waals surface area contributed by atoms with Crippen LogP contribution in [0.5, 0.6) is 0 Å². The maximum Gasteiger partial charge on any atom is 0.0739 e. The van der Waals surface area contributed by atoms with E-state index in [9.17, 15) is 0 Å². The lowest BCUT2D eigenvalue weighted by molar-refractivity contribution is 1.24. The quantitative estimate of drug-likeness (QED) is 0.507. The fourth-order valence-electron chi connectivity index (χ4n) is 0.885. The number of rotatable bonds is 3. The minimum atomic E-state index is 0.765. The molecule has 0 heterocycles. The van der Waals surface area contributed by atoms with Crippen molar-refractivity contribution in [3.8, 4) is 0 Å². The molecule has 0 aliphatic carbocycles. The van der Waals surface area contributed by atoms with Gasteiger partial charge in [0.25, 0.3) is 0 Å². The summed E-state index contributed by atoms with van der Waals surface area (Å²) in [7, 11) is 0. The summed E-state index contributed by atoms with van der Waals surface area (Å²) in [5, 5.41) is 2.32. The molecule has 2 heteroatoms. The van der Waals surface area contributed by atoms with Crippen LogP contribution in [0.25, 0.3) is 0 Å². The first kappa shape index (κ1) is 8.85. The molecule has 0 N–H and O–H groups in total. The average molecular weight is 174 g/mol. The third-order valence-electron chi connectivity index (χ3n) is 1.44. The molecule has 0 saturated carbocycles. The van der Waals surface area contributed by atoms with Crippen LogP contribution in [0.4, 0.5) is 5.69 Å². The van der Waals surface area contributed by atoms with E-state index in [4.69, 9.17) is 0 Å². The highest BCUT2D eigenvalue weighted by atomic mass is 32.1. The van der Waals surface area contributed by atoms with Gasteiger partial charge in [-0.25, -0.2) is 0 Å². The van der Waals surface area contributed by atoms with E-state index >= 15 is 0 Å². The van der Waals surface area contributed by atoms with Gasteiger partial charge >= 0.3 is 0 Å². The van der Waals surface area contributed by atoms with E-state index < -0.39 is 0 Å². The van der Waals surface area contributed by atoms with Crippen molar-refractivity contribution in [1.82, 2.24) is 0 Å². The standard InChI is InChI=1S/C10H8NS/c1-2-3-9-4-6-10(7-5-9)11-8-12/h4-7H,1,3H2. The number of hydrogen-bond donors (Lipinski definition) is 0. The molecule has 0 bridgehead atoms. The SMILES string of the molecule is C=[C]Cc1ccc(N=C=S)cc1. The minimum Gasteiger partial charge on any atom is -0.195 e. The van der Waals surface area contributed by atoms with Crippen molar-refractivity contribution < 1.29 is 0 Å². The van der Waals surface area contributed by atoms with Gasteiger partial charge in [-0.15, -0.1) is 0 Å². The Hall–Kier alpha value is -1.24. The number of thiocarbonyl (C=S) groups is 1. The molecule has 0 aromatic heterocycles. The van der Waals surface area contributed by atoms with Gasteiger partial charge in [0.15, 0.2) is 0 Å². The largest absolute Gasteiger partial charge is 0.195 e. The summed E-state index contributed by atoms with van der Waals surface area (Å²) in [5.41, 5.74) is 2.01. The van der Waals surface area contributed by atoms with E-state index in [0.717, 1.165) is 12.1 Å². The first-order chi connectivity index (χ1) is 5.86. The molecule has 0 saturated heterocycles. The van der Waals surface area contributed by atoms with Crippen LogP contribution in [-0.2, 0) is 6.42 Å². The van der Waals surface area contributed by atoms with E-state index in [1.807, 2.05) is 24.3 Å². The predicted octanol–water partition coefficient (Wildman–Crippen LogP) is 2.95. The summed E-state index contributed by atoms with van der Waals surface area (Å²) >= 11 is 4.48. The van der Waals surface area contributed by atoms with Gasteiger partial charge in [-0.1, -0.05) is 18.7 Å². The number of allylic oxidation sites excluding steroid dienone is 1. The number of nitrogens with zero attached hydrogens (tertiary/aromatic N) is 1. The molecule has 0 aliphatic rings. The van der Waals surface area contributed by atoms with Crippen LogP contribution in [0, 0.1) is 6.08 Å². The van der Waals surface area contributed by atoms with E-state index in [-0.39, 0.29) is 0 Å². The minimum absolute atomic E-state index is 0.765. The molecule has 1 radical (unpaired) electrons. The molecule has 0 fully saturated rings. The van der Waals surface area contributed by atoms with Crippen molar-refractivity contribution in [1.29, 1.82) is 0 Å². The predicted molar refractivity (Wildman–Crippen MR) is 53.7 cm³/mol. The van der Waals surface area contributed by atoms with Gasteiger partial charge in [0, 0.05) is 0 Å². The zero-order chi connectivity index (χ0) is 8.81. The first-order valence-electron chi connectivity index (χ1n) is 3.53. The number of isothiocyanates is 1. The summed E-state index contributed by atoms with van der Waals surface area (Å²) < 4.78 is 0. The first-order valence-corrected chi connectivity index (χ1v) is 3.94. The molecular weight excluding hydrogens is 166 g/mol. The lowest BCUT2D eigenvalue weighted by Gasteiger charge is -1.94. The summed E-state index contributed by atoms with van der Waals surface area (Å²) in [6.07, 6.45) is 3.58. The second-order valence-electron chi connectivity index (χ2n) is 2.30. The summed E-state index contributed by atoms with van der Waals surface area (Å²) in [4.78, 5) is 3.84. The maximum absolute atomic E-state index is 4.48. The highest BCUT2D eigenvalue weighted by Gasteiger charge is 1.89. The topological polar surface area (TPSA) is 12.4 Å². The molecular formula is C10H8NS. The Bertz CT molecular complexity index is 307. The molecule has 12 heavy (non-hydrogen) atoms. The zero-order valence-electron chi connectivity index (χ0n) is 6.58. The van der Waals surface area contributed by atoms with Gasteiger partial charge in [0.05, 0.1) is 10.8 Å². The molecule has 1 aromatic rings. The van der Waals surface area contributed by atoms with Gasteiger partial charge in [-0.3, -0.25) is 0 Å². The summed E-state index contributed by atoms with van der Waals surface area (Å²) in [6.45, 7) is 3.54. The van der Waals surface area contributed by atoms with Gasteiger partial charge in [-0.05, 0) is 42.4 Å². The van der Waals surface area contributed by atoms with Crippen LogP contribution < -0.4 is 0 Å². The second-order valence-corrected chi connectivity index (χ2v) is 2.48. The van der Waals surface area contributed by atoms with Crippen LogP contribution in [0.2, 0.25) is 0 Å². The van der Waals surface area contributed by atoms with Gasteiger partial charge < -0.3 is 0 Å². The van der Waals surface area contributed by atoms with Crippen LogP contribution >= 0.6 is 12.2 Å². The van der Waals surface area contributed by atoms with Crippen molar-refractivity contribution in [2.24, 2.45) is 4.99 Å². The van der Waals surface area contributed by atoms with E-state index in [2.05, 4.69) is 35.0 Å². The molecule has 0 amide bonds. The summed E-state index contributed by atoms with van der Waals surface area (Å²) in [6, 6.07) is 7.74. The Kier molecular flexibility index (Phi) is 3.39. The van der Waals surface area contributed by atoms with Crippen LogP contribution in [0.1, 0.15) is 5.56 Å². The Morgan fingerprint density at radius 3 is 2.50 bits per heavy atom. The van der Waals surface area contributed by atoms with Crippen molar-refractivity contribution in [2.45, 2.75) is 6.42 Å². The van der Waals surface area contributed by atoms with Crippen molar-refractivity contribution in [2.75, 3.05) is 0 Å². The van der Waals surface area contributed by atoms with Gasteiger partial charge in [0.2, 0.25) is 0 Å². The molecule has 0 spiro atoms. The lowest BCUT2D eigenvalue weighted by Crippen LogP contribution is -1.78. The zero-order valence-corrected chi connectivity index (χ0v) is 7.40. The fourth-order valence-corrected chi connectivity index (χ4v) is 0.991. The monoisotopic (exact) mass is 174 g/mol. The number of aliphatic imine (C=N–C) groups is 1. The van der Waals surface area contributed by atoms with Crippen molar-refractivity contribution in [3.63, 3.8) is 0 Å². The van der Waals surface area contributed by atoms with Crippen molar-refractivity contribution >= 4 is 23.1 Å². The molecule has 59 valence electrons. The van der Waals surface area contributed by atoms with Crippen LogP contribution in [0.15, 0.2) is 35.8 Å². The Labute approximate surface area is 77.5 Å². The molecule has 0 aliphatic heterocycles. The van der Waals surface area contributed by atoms with Gasteiger partial charge in [-0.2, -0.15) is 4.99 Å². The Morgan fingerprint density at radius 2 is 2.00 bits per heavy atom. The summed E-state index contributed by atoms with van der Waals surface area (Å²) in [5.74, 6) is 0. The second kappa shape index (κ2) is 4.60. The average Bonchev–Trinajstić information content (AvgIpc) is 2.09. The van der Waals surface area contributed by atoms with Crippen molar-refractivity contribution in [3.05, 3.63) is 42.5 Å². The maximum atomic E-state index is 4.48. The highest BCUT2D eigenvalue weighted by Crippen LogP contribution is 2.12. The smallest absolute Gasteiger partial charge is 0.0739 e. The van der Waals surface area contributed by atoms with Crippen LogP contribution in [-0.4, -0.2) is 5.16 Å². The lowest BCUT2D eigenvalue weighted by atomic mass is 10.1. The molecule has 0 unspecified atom stereocenters. The molecule has 0 atom stereocenters. The van der Waals surface area contributed by atoms with Gasteiger partial charge in [0.1, 0.15) is 0 Å². The third kappa shape index (κ3) is 2.42.